The standard InChI is InChI=1S/C44H46N4O15/c45-33-12-11-26(48-33)35(52)31(19-49)60-25-9-7-23(8-10-25)28-16-27(51)34-29(61-28)17-30(38(36(34)53)59-20-22-5-4-6-24(50)15-22)62-42-37(54)39(55)44(58,40(63-42)41(56)57)43(13-2-1-3-14-43)32-18-46-21-47-32/h4-12,15-17,21,28,31,35,37,39-40,42,45,49-55,58H,1-3,13-14,18-20H2,(H,56,57)/t28?,31-,35+,37+,39-,40+,42+,44-/m0/s1. The molecule has 1 aliphatic carbocycles. The van der Waals surface area contributed by atoms with Crippen LogP contribution in [-0.2, 0) is 16.1 Å². The minimum Gasteiger partial charge on any atom is -0.508 e. The van der Waals surface area contributed by atoms with Gasteiger partial charge in [-0.2, -0.15) is 0 Å². The van der Waals surface area contributed by atoms with Crippen LogP contribution in [-0.4, -0.2) is 131 Å². The summed E-state index contributed by atoms with van der Waals surface area (Å²) in [5.41, 5.74) is -2.81. The zero-order valence-corrected chi connectivity index (χ0v) is 33.5. The number of carbonyl (C=O) groups is 1. The summed E-state index contributed by atoms with van der Waals surface area (Å²) in [6.45, 7) is -0.785. The van der Waals surface area contributed by atoms with Gasteiger partial charge in [0.15, 0.2) is 23.7 Å². The first-order valence-corrected chi connectivity index (χ1v) is 20.2. The van der Waals surface area contributed by atoms with Crippen molar-refractivity contribution < 1.29 is 74.4 Å². The highest BCUT2D eigenvalue weighted by Gasteiger charge is 2.69. The Balaban J connectivity index is 1.10. The number of aliphatic carboxylic acids is 1. The van der Waals surface area contributed by atoms with Crippen LogP contribution in [0.3, 0.4) is 0 Å². The lowest BCUT2D eigenvalue weighted by Crippen LogP contribution is -2.76. The van der Waals surface area contributed by atoms with Crippen LogP contribution < -0.4 is 18.9 Å². The minimum absolute atomic E-state index is 0.0487. The van der Waals surface area contributed by atoms with Crippen molar-refractivity contribution in [2.24, 2.45) is 20.4 Å². The van der Waals surface area contributed by atoms with E-state index in [1.54, 1.807) is 24.3 Å². The number of carboxylic acid groups (broad SMARTS) is 1. The fourth-order valence-corrected chi connectivity index (χ4v) is 8.90. The largest absolute Gasteiger partial charge is 0.508 e. The fraction of sp³-hybridized carbons (Fsp3) is 0.386. The molecule has 10 N–H and O–H groups in total. The second-order valence-electron chi connectivity index (χ2n) is 15.9. The number of phenols is 2. The molecule has 0 aromatic heterocycles. The number of fused-ring (bicyclic) bond motifs is 1. The van der Waals surface area contributed by atoms with Crippen molar-refractivity contribution in [2.75, 3.05) is 13.2 Å². The van der Waals surface area contributed by atoms with Crippen LogP contribution in [0.25, 0.3) is 5.76 Å². The van der Waals surface area contributed by atoms with Gasteiger partial charge in [0.2, 0.25) is 12.0 Å². The number of hydrogen-bond donors (Lipinski definition) is 10. The summed E-state index contributed by atoms with van der Waals surface area (Å²) in [4.78, 5) is 25.4. The molecule has 19 heteroatoms. The number of phenolic OH excluding ortho intramolecular Hbond substituents is 2. The normalized spacial score (nSPS) is 27.0. The Morgan fingerprint density at radius 2 is 1.78 bits per heavy atom. The summed E-state index contributed by atoms with van der Waals surface area (Å²) in [6.07, 6.45) is -4.01. The molecule has 5 aliphatic rings. The summed E-state index contributed by atoms with van der Waals surface area (Å²) in [5, 5.41) is 108. The lowest BCUT2D eigenvalue weighted by Gasteiger charge is -2.57. The van der Waals surface area contributed by atoms with Crippen molar-refractivity contribution in [3.63, 3.8) is 0 Å². The quantitative estimate of drug-likeness (QED) is 0.111. The summed E-state index contributed by atoms with van der Waals surface area (Å²) in [7, 11) is 0. The molecule has 4 heterocycles. The summed E-state index contributed by atoms with van der Waals surface area (Å²) < 4.78 is 30.0. The predicted molar refractivity (Wildman–Crippen MR) is 223 cm³/mol. The van der Waals surface area contributed by atoms with Gasteiger partial charge in [0, 0.05) is 17.6 Å². The molecule has 1 unspecified atom stereocenters. The molecule has 8 rings (SSSR count). The molecule has 332 valence electrons. The molecule has 0 radical (unpaired) electrons. The van der Waals surface area contributed by atoms with E-state index < -0.39 is 83.8 Å². The predicted octanol–water partition coefficient (Wildman–Crippen LogP) is 2.87. The monoisotopic (exact) mass is 870 g/mol. The first-order valence-electron chi connectivity index (χ1n) is 20.2. The molecule has 1 saturated carbocycles. The highest BCUT2D eigenvalue weighted by Crippen LogP contribution is 2.55. The Bertz CT molecular complexity index is 2410. The maximum Gasteiger partial charge on any atom is 0.336 e. The molecule has 1 saturated heterocycles. The second-order valence-corrected chi connectivity index (χ2v) is 15.9. The molecule has 19 nitrogen and oxygen atoms in total. The van der Waals surface area contributed by atoms with Crippen LogP contribution in [0, 0.1) is 10.8 Å². The fourth-order valence-electron chi connectivity index (χ4n) is 8.90. The van der Waals surface area contributed by atoms with Gasteiger partial charge in [0.1, 0.15) is 77.4 Å². The zero-order valence-electron chi connectivity index (χ0n) is 33.5. The lowest BCUT2D eigenvalue weighted by molar-refractivity contribution is -0.326. The molecule has 4 aliphatic heterocycles. The topological polar surface area (TPSA) is 306 Å². The molecule has 8 atom stereocenters. The lowest BCUT2D eigenvalue weighted by atomic mass is 9.55. The van der Waals surface area contributed by atoms with Gasteiger partial charge in [-0.25, -0.2) is 14.8 Å². The van der Waals surface area contributed by atoms with Gasteiger partial charge in [0.05, 0.1) is 24.6 Å². The number of aliphatic hydroxyl groups excluding tert-OH is 5. The Hall–Kier alpha value is -6.35. The molecule has 2 fully saturated rings. The molecular weight excluding hydrogens is 824 g/mol. The molecule has 0 bridgehead atoms. The van der Waals surface area contributed by atoms with Crippen LogP contribution in [0.2, 0.25) is 0 Å². The first kappa shape index (κ1) is 43.3. The van der Waals surface area contributed by atoms with Gasteiger partial charge in [0.25, 0.3) is 0 Å². The van der Waals surface area contributed by atoms with Crippen LogP contribution in [0.4, 0.5) is 0 Å². The Morgan fingerprint density at radius 3 is 2.43 bits per heavy atom. The molecule has 0 amide bonds. The van der Waals surface area contributed by atoms with Crippen molar-refractivity contribution in [3.05, 3.63) is 89.5 Å². The van der Waals surface area contributed by atoms with E-state index in [1.165, 1.54) is 54.9 Å². The second kappa shape index (κ2) is 17.4. The smallest absolute Gasteiger partial charge is 0.336 e. The van der Waals surface area contributed by atoms with E-state index in [0.717, 1.165) is 6.42 Å². The van der Waals surface area contributed by atoms with Crippen molar-refractivity contribution in [2.45, 2.75) is 87.2 Å². The van der Waals surface area contributed by atoms with Crippen molar-refractivity contribution in [3.8, 4) is 34.5 Å². The van der Waals surface area contributed by atoms with Gasteiger partial charge < -0.3 is 69.6 Å². The zero-order chi connectivity index (χ0) is 44.6. The average molecular weight is 871 g/mol. The summed E-state index contributed by atoms with van der Waals surface area (Å²) >= 11 is 0. The number of carboxylic acids is 1. The number of amidine groups is 1. The molecule has 63 heavy (non-hydrogen) atoms. The Morgan fingerprint density at radius 1 is 1.02 bits per heavy atom. The average Bonchev–Trinajstić information content (AvgIpc) is 3.98. The number of rotatable bonds is 14. The minimum atomic E-state index is -2.60. The van der Waals surface area contributed by atoms with Gasteiger partial charge in [-0.1, -0.05) is 43.5 Å². The van der Waals surface area contributed by atoms with E-state index in [4.69, 9.17) is 29.1 Å². The van der Waals surface area contributed by atoms with Crippen LogP contribution in [0.15, 0.2) is 87.8 Å². The highest BCUT2D eigenvalue weighted by molar-refractivity contribution is 6.15. The van der Waals surface area contributed by atoms with E-state index >= 15 is 0 Å². The molecule has 3 aromatic carbocycles. The Kier molecular flexibility index (Phi) is 12.0. The number of aliphatic hydroxyl groups is 6. The molecule has 3 aromatic rings. The number of benzene rings is 3. The van der Waals surface area contributed by atoms with Gasteiger partial charge in [-0.05, 0) is 60.4 Å². The maximum atomic E-state index is 13.0. The molecule has 0 spiro atoms. The van der Waals surface area contributed by atoms with Crippen molar-refractivity contribution in [1.82, 2.24) is 0 Å². The third-order valence-corrected chi connectivity index (χ3v) is 12.0. The number of hydrogen-bond acceptors (Lipinski definition) is 17. The number of aliphatic imine (C=N–C) groups is 3. The van der Waals surface area contributed by atoms with Crippen LogP contribution in [0.5, 0.6) is 34.5 Å². The van der Waals surface area contributed by atoms with Crippen LogP contribution >= 0.6 is 0 Å². The summed E-state index contributed by atoms with van der Waals surface area (Å²) in [5.74, 6) is -3.63. The van der Waals surface area contributed by atoms with E-state index in [-0.39, 0.29) is 66.1 Å². The van der Waals surface area contributed by atoms with E-state index in [0.29, 0.717) is 29.7 Å². The van der Waals surface area contributed by atoms with Crippen LogP contribution in [0.1, 0.15) is 54.9 Å². The molecular formula is C44H46N4O15. The van der Waals surface area contributed by atoms with Gasteiger partial charge in [-0.3, -0.25) is 10.4 Å². The number of nitrogens with zero attached hydrogens (tertiary/aromatic N) is 3. The van der Waals surface area contributed by atoms with E-state index in [9.17, 15) is 50.8 Å². The van der Waals surface area contributed by atoms with Crippen molar-refractivity contribution >= 4 is 35.3 Å². The van der Waals surface area contributed by atoms with Crippen molar-refractivity contribution in [1.29, 1.82) is 5.41 Å². The van der Waals surface area contributed by atoms with E-state index in [1.807, 2.05) is 0 Å². The first-order chi connectivity index (χ1) is 30.2. The third-order valence-electron chi connectivity index (χ3n) is 12.0. The van der Waals surface area contributed by atoms with E-state index in [2.05, 4.69) is 15.0 Å². The Labute approximate surface area is 359 Å². The highest BCUT2D eigenvalue weighted by atomic mass is 16.7. The maximum absolute atomic E-state index is 13.0. The SMILES string of the molecule is N=C1C=CC([C@@H](O)[C@H](CO)Oc2ccc(C3C=C(O)c4c(cc(O[C@@H]5O[C@H](C(=O)O)[C@](O)(C6(C7=NC=NC7)CCCCC6)[C@@H](O)[C@H]5O)c(OCc5cccc(O)c5)c4O)O3)cc2)=N1. The number of ether oxygens (including phenoxy) is 5. The number of aromatic hydroxyl groups is 2. The van der Waals surface area contributed by atoms with Gasteiger partial charge in [-0.15, -0.1) is 0 Å². The third kappa shape index (κ3) is 7.98. The van der Waals surface area contributed by atoms with Gasteiger partial charge >= 0.3 is 5.97 Å². The summed E-state index contributed by atoms with van der Waals surface area (Å²) in [6, 6.07) is 13.5. The number of nitrogens with one attached hydrogen (secondary N) is 1.